The quantitative estimate of drug-likeness (QED) is 0.893. The third-order valence-electron chi connectivity index (χ3n) is 3.39. The van der Waals surface area contributed by atoms with Gasteiger partial charge in [-0.1, -0.05) is 12.1 Å². The molecule has 3 heteroatoms. The van der Waals surface area contributed by atoms with Crippen LogP contribution in [0.3, 0.4) is 0 Å². The fraction of sp³-hybridized carbons (Fsp3) is 0.600. The first-order valence-corrected chi connectivity index (χ1v) is 6.66. The van der Waals surface area contributed by atoms with Gasteiger partial charge in [0, 0.05) is 6.61 Å². The van der Waals surface area contributed by atoms with Gasteiger partial charge in [-0.25, -0.2) is 0 Å². The van der Waals surface area contributed by atoms with Crippen molar-refractivity contribution in [2.75, 3.05) is 13.2 Å². The van der Waals surface area contributed by atoms with Crippen LogP contribution in [-0.4, -0.2) is 24.4 Å². The third-order valence-corrected chi connectivity index (χ3v) is 3.39. The molecule has 0 spiro atoms. The summed E-state index contributed by atoms with van der Waals surface area (Å²) in [5.74, 6) is 0.932. The summed E-state index contributed by atoms with van der Waals surface area (Å²) in [6.45, 7) is 5.59. The molecule has 0 radical (unpaired) electrons. The van der Waals surface area contributed by atoms with Gasteiger partial charge in [0.25, 0.3) is 0 Å². The normalized spacial score (nSPS) is 19.8. The molecule has 0 aliphatic carbocycles. The van der Waals surface area contributed by atoms with Crippen LogP contribution in [-0.2, 0) is 11.3 Å². The van der Waals surface area contributed by atoms with Gasteiger partial charge in [0.05, 0.1) is 12.7 Å². The summed E-state index contributed by atoms with van der Waals surface area (Å²) in [4.78, 5) is 0. The molecule has 1 heterocycles. The molecule has 1 saturated heterocycles. The Morgan fingerprint density at radius 2 is 2.00 bits per heavy atom. The highest BCUT2D eigenvalue weighted by molar-refractivity contribution is 5.43. The van der Waals surface area contributed by atoms with E-state index in [9.17, 15) is 0 Å². The predicted molar refractivity (Wildman–Crippen MR) is 70.9 cm³/mol. The van der Waals surface area contributed by atoms with Gasteiger partial charge in [0.15, 0.2) is 0 Å². The zero-order valence-electron chi connectivity index (χ0n) is 11.2. The molecule has 100 valence electrons. The molecule has 0 saturated carbocycles. The Bertz CT molecular complexity index is 372. The molecule has 18 heavy (non-hydrogen) atoms. The Morgan fingerprint density at radius 3 is 2.56 bits per heavy atom. The van der Waals surface area contributed by atoms with Crippen LogP contribution >= 0.6 is 0 Å². The second-order valence-electron chi connectivity index (χ2n) is 5.02. The van der Waals surface area contributed by atoms with E-state index in [1.165, 1.54) is 12.8 Å². The number of aliphatic hydroxyl groups excluding tert-OH is 1. The van der Waals surface area contributed by atoms with Gasteiger partial charge in [0.2, 0.25) is 0 Å². The van der Waals surface area contributed by atoms with Crippen molar-refractivity contribution in [2.24, 2.45) is 0 Å². The summed E-state index contributed by atoms with van der Waals surface area (Å²) in [5.41, 5.74) is 3.09. The van der Waals surface area contributed by atoms with Crippen LogP contribution in [0.2, 0.25) is 0 Å². The van der Waals surface area contributed by atoms with E-state index >= 15 is 0 Å². The van der Waals surface area contributed by atoms with Crippen LogP contribution in [0.4, 0.5) is 0 Å². The lowest BCUT2D eigenvalue weighted by Gasteiger charge is -2.23. The maximum atomic E-state index is 9.15. The fourth-order valence-electron chi connectivity index (χ4n) is 2.47. The highest BCUT2D eigenvalue weighted by Crippen LogP contribution is 2.26. The molecule has 1 N–H and O–H groups in total. The maximum absolute atomic E-state index is 9.15. The van der Waals surface area contributed by atoms with Gasteiger partial charge in [-0.3, -0.25) is 0 Å². The first kappa shape index (κ1) is 13.4. The van der Waals surface area contributed by atoms with Gasteiger partial charge in [-0.2, -0.15) is 0 Å². The average Bonchev–Trinajstić information content (AvgIpc) is 2.38. The molecule has 1 unspecified atom stereocenters. The lowest BCUT2D eigenvalue weighted by molar-refractivity contribution is -0.0113. The largest absolute Gasteiger partial charge is 0.490 e. The third kappa shape index (κ3) is 3.24. The smallest absolute Gasteiger partial charge is 0.125 e. The summed E-state index contributed by atoms with van der Waals surface area (Å²) in [5, 5.41) is 9.15. The van der Waals surface area contributed by atoms with Crippen LogP contribution in [0, 0.1) is 13.8 Å². The lowest BCUT2D eigenvalue weighted by atomic mass is 10.1. The van der Waals surface area contributed by atoms with Gasteiger partial charge >= 0.3 is 0 Å². The molecule has 3 nitrogen and oxygen atoms in total. The topological polar surface area (TPSA) is 38.7 Å². The zero-order valence-corrected chi connectivity index (χ0v) is 11.2. The van der Waals surface area contributed by atoms with Gasteiger partial charge < -0.3 is 14.6 Å². The molecule has 0 aromatic heterocycles. The minimum atomic E-state index is 0.0771. The number of benzene rings is 1. The highest BCUT2D eigenvalue weighted by atomic mass is 16.5. The summed E-state index contributed by atoms with van der Waals surface area (Å²) in [7, 11) is 0. The number of aliphatic hydroxyl groups is 1. The van der Waals surface area contributed by atoms with E-state index in [-0.39, 0.29) is 12.7 Å². The van der Waals surface area contributed by atoms with E-state index in [1.807, 2.05) is 26.0 Å². The van der Waals surface area contributed by atoms with E-state index in [1.54, 1.807) is 0 Å². The van der Waals surface area contributed by atoms with Crippen molar-refractivity contribution >= 4 is 0 Å². The van der Waals surface area contributed by atoms with Crippen molar-refractivity contribution in [2.45, 2.75) is 45.8 Å². The highest BCUT2D eigenvalue weighted by Gasteiger charge is 2.15. The van der Waals surface area contributed by atoms with Crippen LogP contribution in [0.5, 0.6) is 5.75 Å². The predicted octanol–water partition coefficient (Wildman–Crippen LogP) is 2.74. The van der Waals surface area contributed by atoms with Crippen LogP contribution in [0.1, 0.15) is 36.0 Å². The fourth-order valence-corrected chi connectivity index (χ4v) is 2.47. The monoisotopic (exact) mass is 250 g/mol. The molecule has 0 amide bonds. The standard InChI is InChI=1S/C15H22O3/c1-11-7-13(9-16)8-12(2)15(11)18-10-14-5-3-4-6-17-14/h7-8,14,16H,3-6,9-10H2,1-2H3. The van der Waals surface area contributed by atoms with E-state index in [0.717, 1.165) is 35.5 Å². The van der Waals surface area contributed by atoms with Crippen molar-refractivity contribution in [3.8, 4) is 5.75 Å². The number of hydrogen-bond donors (Lipinski definition) is 1. The Labute approximate surface area is 109 Å². The summed E-state index contributed by atoms with van der Waals surface area (Å²) >= 11 is 0. The summed E-state index contributed by atoms with van der Waals surface area (Å²) in [6, 6.07) is 3.95. The van der Waals surface area contributed by atoms with E-state index in [0.29, 0.717) is 6.61 Å². The number of ether oxygens (including phenoxy) is 2. The number of rotatable bonds is 4. The SMILES string of the molecule is Cc1cc(CO)cc(C)c1OCC1CCCCO1. The van der Waals surface area contributed by atoms with Crippen LogP contribution in [0.15, 0.2) is 12.1 Å². The Morgan fingerprint density at radius 1 is 1.28 bits per heavy atom. The first-order chi connectivity index (χ1) is 8.70. The van der Waals surface area contributed by atoms with E-state index in [4.69, 9.17) is 14.6 Å². The van der Waals surface area contributed by atoms with Gasteiger partial charge in [-0.15, -0.1) is 0 Å². The summed E-state index contributed by atoms with van der Waals surface area (Å²) in [6.07, 6.45) is 3.72. The molecule has 1 aromatic rings. The number of aryl methyl sites for hydroxylation is 2. The Hall–Kier alpha value is -1.06. The first-order valence-electron chi connectivity index (χ1n) is 6.66. The van der Waals surface area contributed by atoms with Crippen molar-refractivity contribution < 1.29 is 14.6 Å². The molecule has 0 bridgehead atoms. The molecule has 1 aliphatic heterocycles. The second-order valence-corrected chi connectivity index (χ2v) is 5.02. The van der Waals surface area contributed by atoms with E-state index in [2.05, 4.69) is 0 Å². The Kier molecular flexibility index (Phi) is 4.61. The van der Waals surface area contributed by atoms with Gasteiger partial charge in [0.1, 0.15) is 12.4 Å². The average molecular weight is 250 g/mol. The molecular formula is C15H22O3. The maximum Gasteiger partial charge on any atom is 0.125 e. The molecular weight excluding hydrogens is 228 g/mol. The minimum Gasteiger partial charge on any atom is -0.490 e. The van der Waals surface area contributed by atoms with E-state index < -0.39 is 0 Å². The second kappa shape index (κ2) is 6.21. The summed E-state index contributed by atoms with van der Waals surface area (Å²) < 4.78 is 11.6. The van der Waals surface area contributed by atoms with Crippen molar-refractivity contribution in [3.05, 3.63) is 28.8 Å². The minimum absolute atomic E-state index is 0.0771. The lowest BCUT2D eigenvalue weighted by Crippen LogP contribution is -2.26. The number of hydrogen-bond acceptors (Lipinski definition) is 3. The molecule has 1 aliphatic rings. The Balaban J connectivity index is 2.00. The van der Waals surface area contributed by atoms with Crippen molar-refractivity contribution in [1.29, 1.82) is 0 Å². The van der Waals surface area contributed by atoms with Crippen LogP contribution < -0.4 is 4.74 Å². The molecule has 1 aromatic carbocycles. The zero-order chi connectivity index (χ0) is 13.0. The molecule has 2 rings (SSSR count). The van der Waals surface area contributed by atoms with Gasteiger partial charge in [-0.05, 0) is 49.8 Å². The molecule has 1 atom stereocenters. The van der Waals surface area contributed by atoms with Crippen molar-refractivity contribution in [1.82, 2.24) is 0 Å². The van der Waals surface area contributed by atoms with Crippen molar-refractivity contribution in [3.63, 3.8) is 0 Å². The van der Waals surface area contributed by atoms with Crippen LogP contribution in [0.25, 0.3) is 0 Å². The molecule has 1 fully saturated rings.